The minimum Gasteiger partial charge on any atom is -0.304 e. The van der Waals surface area contributed by atoms with Crippen molar-refractivity contribution < 1.29 is 0 Å². The number of fused-ring (bicyclic) bond motifs is 1. The van der Waals surface area contributed by atoms with E-state index in [1.807, 2.05) is 49.4 Å². The number of hydrazine groups is 1. The van der Waals surface area contributed by atoms with Crippen molar-refractivity contribution in [2.45, 2.75) is 13.5 Å². The highest BCUT2D eigenvalue weighted by atomic mass is 15.4. The van der Waals surface area contributed by atoms with Crippen molar-refractivity contribution in [3.8, 4) is 0 Å². The maximum atomic E-state index is 4.57. The average Bonchev–Trinajstić information content (AvgIpc) is 2.49. The largest absolute Gasteiger partial charge is 0.304 e. The van der Waals surface area contributed by atoms with Gasteiger partial charge >= 0.3 is 0 Å². The van der Waals surface area contributed by atoms with Crippen LogP contribution in [-0.4, -0.2) is 9.97 Å². The van der Waals surface area contributed by atoms with Crippen LogP contribution >= 0.6 is 0 Å². The van der Waals surface area contributed by atoms with Crippen molar-refractivity contribution in [1.29, 1.82) is 0 Å². The van der Waals surface area contributed by atoms with E-state index in [9.17, 15) is 0 Å². The van der Waals surface area contributed by atoms with Gasteiger partial charge in [0, 0.05) is 6.54 Å². The van der Waals surface area contributed by atoms with Gasteiger partial charge in [-0.2, -0.15) is 0 Å². The van der Waals surface area contributed by atoms with Crippen molar-refractivity contribution in [1.82, 2.24) is 15.4 Å². The van der Waals surface area contributed by atoms with Gasteiger partial charge in [-0.25, -0.2) is 15.4 Å². The zero-order chi connectivity index (χ0) is 13.8. The maximum absolute atomic E-state index is 4.57. The molecule has 0 saturated carbocycles. The summed E-state index contributed by atoms with van der Waals surface area (Å²) in [5.74, 6) is 0.764. The van der Waals surface area contributed by atoms with Crippen LogP contribution in [0.2, 0.25) is 0 Å². The lowest BCUT2D eigenvalue weighted by atomic mass is 10.2. The second kappa shape index (κ2) is 5.67. The number of aromatic nitrogens is 2. The van der Waals surface area contributed by atoms with Crippen LogP contribution in [0.5, 0.6) is 0 Å². The highest BCUT2D eigenvalue weighted by molar-refractivity contribution is 5.76. The summed E-state index contributed by atoms with van der Waals surface area (Å²) in [5, 5.41) is 0. The van der Waals surface area contributed by atoms with Gasteiger partial charge in [0.1, 0.15) is 0 Å². The number of hydrogen-bond donors (Lipinski definition) is 2. The third-order valence-electron chi connectivity index (χ3n) is 3.09. The summed E-state index contributed by atoms with van der Waals surface area (Å²) in [6, 6.07) is 18.1. The lowest BCUT2D eigenvalue weighted by Gasteiger charge is -2.10. The number of hydrogen-bond acceptors (Lipinski definition) is 4. The Labute approximate surface area is 117 Å². The molecule has 0 unspecified atom stereocenters. The van der Waals surface area contributed by atoms with E-state index in [1.54, 1.807) is 0 Å². The van der Waals surface area contributed by atoms with Gasteiger partial charge in [0.25, 0.3) is 0 Å². The van der Waals surface area contributed by atoms with Crippen molar-refractivity contribution in [2.24, 2.45) is 0 Å². The molecule has 3 aromatic rings. The van der Waals surface area contributed by atoms with Crippen LogP contribution in [0.25, 0.3) is 11.0 Å². The zero-order valence-electron chi connectivity index (χ0n) is 11.3. The van der Waals surface area contributed by atoms with E-state index in [4.69, 9.17) is 0 Å². The van der Waals surface area contributed by atoms with Crippen molar-refractivity contribution >= 4 is 16.9 Å². The van der Waals surface area contributed by atoms with Crippen LogP contribution in [0.1, 0.15) is 11.3 Å². The minimum atomic E-state index is 0.731. The Morgan fingerprint density at radius 3 is 2.25 bits per heavy atom. The molecule has 0 aliphatic rings. The fourth-order valence-corrected chi connectivity index (χ4v) is 2.03. The number of anilines is 1. The topological polar surface area (TPSA) is 49.8 Å². The lowest BCUT2D eigenvalue weighted by molar-refractivity contribution is 0.792. The molecule has 1 aromatic heterocycles. The molecule has 0 spiro atoms. The molecule has 0 amide bonds. The number of benzene rings is 2. The first-order valence-corrected chi connectivity index (χ1v) is 6.59. The number of nitrogens with one attached hydrogen (secondary N) is 2. The third-order valence-corrected chi connectivity index (χ3v) is 3.09. The molecule has 2 N–H and O–H groups in total. The van der Waals surface area contributed by atoms with Crippen LogP contribution in [0.4, 0.5) is 5.82 Å². The lowest BCUT2D eigenvalue weighted by Crippen LogP contribution is -2.22. The molecule has 3 rings (SSSR count). The van der Waals surface area contributed by atoms with Gasteiger partial charge < -0.3 is 5.43 Å². The number of nitrogens with zero attached hydrogens (tertiary/aromatic N) is 2. The average molecular weight is 264 g/mol. The molecule has 0 saturated heterocycles. The second-order valence-electron chi connectivity index (χ2n) is 4.61. The number of aryl methyl sites for hydroxylation is 1. The summed E-state index contributed by atoms with van der Waals surface area (Å²) in [5.41, 5.74) is 10.2. The molecule has 4 nitrogen and oxygen atoms in total. The monoisotopic (exact) mass is 264 g/mol. The summed E-state index contributed by atoms with van der Waals surface area (Å²) >= 11 is 0. The summed E-state index contributed by atoms with van der Waals surface area (Å²) < 4.78 is 0. The Kier molecular flexibility index (Phi) is 3.56. The molecule has 0 radical (unpaired) electrons. The van der Waals surface area contributed by atoms with E-state index < -0.39 is 0 Å². The van der Waals surface area contributed by atoms with Crippen LogP contribution in [0.15, 0.2) is 54.6 Å². The van der Waals surface area contributed by atoms with E-state index >= 15 is 0 Å². The Bertz CT molecular complexity index is 710. The fraction of sp³-hybridized carbons (Fsp3) is 0.125. The first-order valence-electron chi connectivity index (χ1n) is 6.59. The van der Waals surface area contributed by atoms with Gasteiger partial charge in [-0.05, 0) is 24.6 Å². The smallest absolute Gasteiger partial charge is 0.162 e. The number of rotatable bonds is 4. The van der Waals surface area contributed by atoms with Crippen LogP contribution < -0.4 is 10.9 Å². The van der Waals surface area contributed by atoms with E-state index in [0.29, 0.717) is 0 Å². The van der Waals surface area contributed by atoms with Gasteiger partial charge in [0.2, 0.25) is 0 Å². The Balaban J connectivity index is 1.72. The fourth-order valence-electron chi connectivity index (χ4n) is 2.03. The number of para-hydroxylation sites is 2. The first-order chi connectivity index (χ1) is 9.83. The summed E-state index contributed by atoms with van der Waals surface area (Å²) in [6.45, 7) is 2.68. The Morgan fingerprint density at radius 1 is 0.850 bits per heavy atom. The molecule has 2 aromatic carbocycles. The molecule has 0 atom stereocenters. The van der Waals surface area contributed by atoms with Crippen molar-refractivity contribution in [3.05, 3.63) is 65.9 Å². The second-order valence-corrected chi connectivity index (χ2v) is 4.61. The first kappa shape index (κ1) is 12.6. The molecule has 0 aliphatic heterocycles. The van der Waals surface area contributed by atoms with Gasteiger partial charge in [-0.1, -0.05) is 42.5 Å². The molecule has 1 heterocycles. The van der Waals surface area contributed by atoms with Gasteiger partial charge in [0.05, 0.1) is 16.7 Å². The predicted molar refractivity (Wildman–Crippen MR) is 81.2 cm³/mol. The minimum absolute atomic E-state index is 0.731. The quantitative estimate of drug-likeness (QED) is 0.711. The molecular formula is C16H16N4. The van der Waals surface area contributed by atoms with Crippen LogP contribution in [0, 0.1) is 6.92 Å². The van der Waals surface area contributed by atoms with Gasteiger partial charge in [-0.3, -0.25) is 0 Å². The molecule has 4 heteroatoms. The summed E-state index contributed by atoms with van der Waals surface area (Å²) in [7, 11) is 0. The molecule has 100 valence electrons. The van der Waals surface area contributed by atoms with E-state index in [0.717, 1.165) is 29.1 Å². The Morgan fingerprint density at radius 2 is 1.50 bits per heavy atom. The predicted octanol–water partition coefficient (Wildman–Crippen LogP) is 3.05. The molecular weight excluding hydrogens is 248 g/mol. The SMILES string of the molecule is Cc1nc2ccccc2nc1NNCc1ccccc1. The van der Waals surface area contributed by atoms with E-state index in [-0.39, 0.29) is 0 Å². The molecule has 20 heavy (non-hydrogen) atoms. The molecule has 0 bridgehead atoms. The summed E-state index contributed by atoms with van der Waals surface area (Å²) in [4.78, 5) is 9.11. The van der Waals surface area contributed by atoms with E-state index in [2.05, 4.69) is 33.0 Å². The van der Waals surface area contributed by atoms with Crippen LogP contribution in [0.3, 0.4) is 0 Å². The Hall–Kier alpha value is -2.46. The van der Waals surface area contributed by atoms with Crippen molar-refractivity contribution in [3.63, 3.8) is 0 Å². The summed E-state index contributed by atoms with van der Waals surface area (Å²) in [6.07, 6.45) is 0. The van der Waals surface area contributed by atoms with Gasteiger partial charge in [-0.15, -0.1) is 0 Å². The standard InChI is InChI=1S/C16H16N4/c1-12-16(19-15-10-6-5-9-14(15)18-12)20-17-11-13-7-3-2-4-8-13/h2-10,17H,11H2,1H3,(H,19,20). The van der Waals surface area contributed by atoms with Crippen molar-refractivity contribution in [2.75, 3.05) is 5.43 Å². The van der Waals surface area contributed by atoms with Crippen LogP contribution in [-0.2, 0) is 6.54 Å². The van der Waals surface area contributed by atoms with E-state index in [1.165, 1.54) is 5.56 Å². The zero-order valence-corrected chi connectivity index (χ0v) is 11.3. The maximum Gasteiger partial charge on any atom is 0.162 e. The highest BCUT2D eigenvalue weighted by Gasteiger charge is 2.03. The molecule has 0 aliphatic carbocycles. The normalized spacial score (nSPS) is 10.7. The third kappa shape index (κ3) is 2.75. The highest BCUT2D eigenvalue weighted by Crippen LogP contribution is 2.15. The van der Waals surface area contributed by atoms with Gasteiger partial charge in [0.15, 0.2) is 5.82 Å². The molecule has 0 fully saturated rings.